The van der Waals surface area contributed by atoms with Gasteiger partial charge in [0.2, 0.25) is 5.91 Å². The fourth-order valence-corrected chi connectivity index (χ4v) is 2.51. The van der Waals surface area contributed by atoms with E-state index in [9.17, 15) is 4.79 Å². The van der Waals surface area contributed by atoms with E-state index in [0.717, 1.165) is 16.9 Å². The van der Waals surface area contributed by atoms with Gasteiger partial charge in [0.1, 0.15) is 5.75 Å². The van der Waals surface area contributed by atoms with Gasteiger partial charge in [-0.1, -0.05) is 17.7 Å². The van der Waals surface area contributed by atoms with Gasteiger partial charge in [-0.15, -0.1) is 0 Å². The quantitative estimate of drug-likeness (QED) is 0.876. The molecule has 0 spiro atoms. The number of hydrogen-bond donors (Lipinski definition) is 1. The molecule has 4 nitrogen and oxygen atoms in total. The van der Waals surface area contributed by atoms with Crippen molar-refractivity contribution < 1.29 is 9.53 Å². The molecule has 0 bridgehead atoms. The molecule has 1 unspecified atom stereocenters. The molecule has 1 N–H and O–H groups in total. The van der Waals surface area contributed by atoms with Crippen molar-refractivity contribution in [1.82, 2.24) is 0 Å². The molecule has 0 aliphatic carbocycles. The van der Waals surface area contributed by atoms with Crippen molar-refractivity contribution in [3.8, 4) is 5.75 Å². The third-order valence-electron chi connectivity index (χ3n) is 3.79. The second-order valence-electron chi connectivity index (χ2n) is 5.38. The molecule has 1 atom stereocenters. The highest BCUT2D eigenvalue weighted by atomic mass is 35.5. The number of ether oxygens (including phenoxy) is 1. The molecule has 0 fully saturated rings. The van der Waals surface area contributed by atoms with E-state index >= 15 is 0 Å². The van der Waals surface area contributed by atoms with Crippen LogP contribution >= 0.6 is 11.6 Å². The van der Waals surface area contributed by atoms with Crippen LogP contribution in [0, 0.1) is 0 Å². The van der Waals surface area contributed by atoms with Crippen molar-refractivity contribution in [2.75, 3.05) is 24.4 Å². The molecule has 2 aromatic carbocycles. The first-order chi connectivity index (χ1) is 10.9. The van der Waals surface area contributed by atoms with E-state index in [0.29, 0.717) is 10.8 Å². The van der Waals surface area contributed by atoms with E-state index in [2.05, 4.69) is 12.2 Å². The lowest BCUT2D eigenvalue weighted by atomic mass is 10.1. The summed E-state index contributed by atoms with van der Waals surface area (Å²) in [6.07, 6.45) is 0. The lowest BCUT2D eigenvalue weighted by Crippen LogP contribution is -2.22. The fourth-order valence-electron chi connectivity index (χ4n) is 2.25. The number of anilines is 2. The van der Waals surface area contributed by atoms with Crippen molar-refractivity contribution in [2.24, 2.45) is 0 Å². The van der Waals surface area contributed by atoms with Gasteiger partial charge < -0.3 is 15.0 Å². The standard InChI is InChI=1S/C18H21ClN2O2/c1-12(14-5-10-18(23-4)17(19)11-14)20-15-6-8-16(9-7-15)21(3)13(2)22/h5-12,20H,1-4H3. The van der Waals surface area contributed by atoms with Crippen LogP contribution in [0.4, 0.5) is 11.4 Å². The largest absolute Gasteiger partial charge is 0.495 e. The van der Waals surface area contributed by atoms with Gasteiger partial charge in [0.15, 0.2) is 0 Å². The Bertz CT molecular complexity index is 686. The van der Waals surface area contributed by atoms with Crippen molar-refractivity contribution >= 4 is 28.9 Å². The van der Waals surface area contributed by atoms with E-state index in [-0.39, 0.29) is 11.9 Å². The van der Waals surface area contributed by atoms with Gasteiger partial charge in [0.05, 0.1) is 12.1 Å². The zero-order valence-corrected chi connectivity index (χ0v) is 14.5. The van der Waals surface area contributed by atoms with Crippen LogP contribution in [0.25, 0.3) is 0 Å². The van der Waals surface area contributed by atoms with Crippen LogP contribution in [0.5, 0.6) is 5.75 Å². The number of carbonyl (C=O) groups excluding carboxylic acids is 1. The number of nitrogens with zero attached hydrogens (tertiary/aromatic N) is 1. The molecule has 5 heteroatoms. The Morgan fingerprint density at radius 1 is 1.22 bits per heavy atom. The summed E-state index contributed by atoms with van der Waals surface area (Å²) in [5.41, 5.74) is 2.91. The summed E-state index contributed by atoms with van der Waals surface area (Å²) >= 11 is 6.17. The van der Waals surface area contributed by atoms with E-state index < -0.39 is 0 Å². The number of amides is 1. The Balaban J connectivity index is 2.09. The third kappa shape index (κ3) is 4.17. The van der Waals surface area contributed by atoms with Gasteiger partial charge >= 0.3 is 0 Å². The van der Waals surface area contributed by atoms with Gasteiger partial charge in [-0.05, 0) is 48.9 Å². The fraction of sp³-hybridized carbons (Fsp3) is 0.278. The lowest BCUT2D eigenvalue weighted by Gasteiger charge is -2.19. The highest BCUT2D eigenvalue weighted by molar-refractivity contribution is 6.32. The Kier molecular flexibility index (Phi) is 5.50. The van der Waals surface area contributed by atoms with Crippen LogP contribution in [0.2, 0.25) is 5.02 Å². The normalized spacial score (nSPS) is 11.7. The van der Waals surface area contributed by atoms with Crippen LogP contribution in [-0.2, 0) is 4.79 Å². The molecule has 0 saturated heterocycles. The monoisotopic (exact) mass is 332 g/mol. The molecule has 0 aromatic heterocycles. The molecule has 122 valence electrons. The van der Waals surface area contributed by atoms with E-state index in [1.807, 2.05) is 42.5 Å². The van der Waals surface area contributed by atoms with Crippen LogP contribution in [-0.4, -0.2) is 20.1 Å². The molecule has 0 aliphatic rings. The molecule has 23 heavy (non-hydrogen) atoms. The Morgan fingerprint density at radius 3 is 2.39 bits per heavy atom. The Morgan fingerprint density at radius 2 is 1.87 bits per heavy atom. The summed E-state index contributed by atoms with van der Waals surface area (Å²) in [7, 11) is 3.36. The van der Waals surface area contributed by atoms with Crippen LogP contribution in [0.15, 0.2) is 42.5 Å². The van der Waals surface area contributed by atoms with Gasteiger partial charge in [-0.2, -0.15) is 0 Å². The SMILES string of the molecule is COc1ccc(C(C)Nc2ccc(N(C)C(C)=O)cc2)cc1Cl. The summed E-state index contributed by atoms with van der Waals surface area (Å²) in [6.45, 7) is 3.61. The van der Waals surface area contributed by atoms with Crippen LogP contribution in [0.3, 0.4) is 0 Å². The highest BCUT2D eigenvalue weighted by Gasteiger charge is 2.10. The maximum atomic E-state index is 11.4. The summed E-state index contributed by atoms with van der Waals surface area (Å²) < 4.78 is 5.17. The molecule has 0 saturated carbocycles. The maximum absolute atomic E-state index is 11.4. The summed E-state index contributed by atoms with van der Waals surface area (Å²) in [5.74, 6) is 0.672. The number of nitrogens with one attached hydrogen (secondary N) is 1. The molecule has 0 aliphatic heterocycles. The second kappa shape index (κ2) is 7.38. The second-order valence-corrected chi connectivity index (χ2v) is 5.79. The lowest BCUT2D eigenvalue weighted by molar-refractivity contribution is -0.116. The first-order valence-electron chi connectivity index (χ1n) is 7.36. The van der Waals surface area contributed by atoms with E-state index in [1.54, 1.807) is 26.0 Å². The molecule has 2 aromatic rings. The number of carbonyl (C=O) groups is 1. The first-order valence-corrected chi connectivity index (χ1v) is 7.74. The number of benzene rings is 2. The van der Waals surface area contributed by atoms with Crippen LogP contribution < -0.4 is 15.0 Å². The van der Waals surface area contributed by atoms with E-state index in [4.69, 9.17) is 16.3 Å². The Labute approximate surface area is 142 Å². The molecule has 1 amide bonds. The summed E-state index contributed by atoms with van der Waals surface area (Å²) in [6, 6.07) is 13.6. The molecular formula is C18H21ClN2O2. The Hall–Kier alpha value is -2.20. The smallest absolute Gasteiger partial charge is 0.223 e. The number of halogens is 1. The van der Waals surface area contributed by atoms with E-state index in [1.165, 1.54) is 0 Å². The molecular weight excluding hydrogens is 312 g/mol. The molecule has 2 rings (SSSR count). The van der Waals surface area contributed by atoms with Crippen molar-refractivity contribution in [3.63, 3.8) is 0 Å². The zero-order chi connectivity index (χ0) is 17.0. The predicted molar refractivity (Wildman–Crippen MR) is 95.6 cm³/mol. The third-order valence-corrected chi connectivity index (χ3v) is 4.08. The predicted octanol–water partition coefficient (Wildman–Crippen LogP) is 4.50. The average Bonchev–Trinajstić information content (AvgIpc) is 2.54. The summed E-state index contributed by atoms with van der Waals surface area (Å²) in [5, 5.41) is 4.01. The van der Waals surface area contributed by atoms with Crippen molar-refractivity contribution in [2.45, 2.75) is 19.9 Å². The van der Waals surface area contributed by atoms with Gasteiger partial charge in [-0.25, -0.2) is 0 Å². The van der Waals surface area contributed by atoms with Crippen molar-refractivity contribution in [1.29, 1.82) is 0 Å². The van der Waals surface area contributed by atoms with Gasteiger partial charge in [0, 0.05) is 31.4 Å². The minimum atomic E-state index is 0.00644. The summed E-state index contributed by atoms with van der Waals surface area (Å²) in [4.78, 5) is 13.0. The molecule has 0 radical (unpaired) electrons. The minimum Gasteiger partial charge on any atom is -0.495 e. The highest BCUT2D eigenvalue weighted by Crippen LogP contribution is 2.29. The first kappa shape index (κ1) is 17.2. The van der Waals surface area contributed by atoms with Gasteiger partial charge in [0.25, 0.3) is 0 Å². The molecule has 0 heterocycles. The maximum Gasteiger partial charge on any atom is 0.223 e. The minimum absolute atomic E-state index is 0.00644. The van der Waals surface area contributed by atoms with Crippen molar-refractivity contribution in [3.05, 3.63) is 53.1 Å². The topological polar surface area (TPSA) is 41.6 Å². The average molecular weight is 333 g/mol. The van der Waals surface area contributed by atoms with Crippen LogP contribution in [0.1, 0.15) is 25.5 Å². The number of rotatable bonds is 5. The van der Waals surface area contributed by atoms with Gasteiger partial charge in [-0.3, -0.25) is 4.79 Å². The zero-order valence-electron chi connectivity index (χ0n) is 13.8. The number of hydrogen-bond acceptors (Lipinski definition) is 3. The number of methoxy groups -OCH3 is 1.